The van der Waals surface area contributed by atoms with Crippen LogP contribution in [0.3, 0.4) is 0 Å². The van der Waals surface area contributed by atoms with Crippen LogP contribution in [0.15, 0.2) is 6.20 Å². The zero-order chi connectivity index (χ0) is 13.3. The van der Waals surface area contributed by atoms with E-state index >= 15 is 0 Å². The number of thiazole rings is 1. The second-order valence-corrected chi connectivity index (χ2v) is 6.43. The van der Waals surface area contributed by atoms with Crippen molar-refractivity contribution in [1.29, 1.82) is 0 Å². The van der Waals surface area contributed by atoms with E-state index in [9.17, 15) is 13.2 Å². The standard InChI is InChI=1S/C10H14F3N3S2/c1-16-2-3-17-5-6(16)8(14)7-4-15-9(18-7)10(11,12)13/h4,6,8H,2-3,5,14H2,1H3. The van der Waals surface area contributed by atoms with Crippen LogP contribution in [0, 0.1) is 0 Å². The molecular weight excluding hydrogens is 283 g/mol. The van der Waals surface area contributed by atoms with Crippen LogP contribution in [-0.4, -0.2) is 41.0 Å². The predicted octanol–water partition coefficient (Wildman–Crippen LogP) is 2.21. The largest absolute Gasteiger partial charge is 0.443 e. The molecule has 0 amide bonds. The summed E-state index contributed by atoms with van der Waals surface area (Å²) in [6, 6.07) is -0.332. The zero-order valence-electron chi connectivity index (χ0n) is 9.78. The van der Waals surface area contributed by atoms with Crippen LogP contribution in [0.2, 0.25) is 0 Å². The van der Waals surface area contributed by atoms with E-state index in [0.717, 1.165) is 18.1 Å². The molecule has 18 heavy (non-hydrogen) atoms. The third-order valence-electron chi connectivity index (χ3n) is 2.95. The van der Waals surface area contributed by atoms with E-state index in [-0.39, 0.29) is 6.04 Å². The first-order valence-corrected chi connectivity index (χ1v) is 7.43. The van der Waals surface area contributed by atoms with E-state index in [0.29, 0.717) is 16.2 Å². The highest BCUT2D eigenvalue weighted by molar-refractivity contribution is 7.99. The first kappa shape index (κ1) is 14.1. The summed E-state index contributed by atoms with van der Waals surface area (Å²) in [4.78, 5) is 6.02. The highest BCUT2D eigenvalue weighted by atomic mass is 32.2. The van der Waals surface area contributed by atoms with Crippen LogP contribution in [0.5, 0.6) is 0 Å². The lowest BCUT2D eigenvalue weighted by molar-refractivity contribution is -0.137. The molecule has 0 aromatic carbocycles. The maximum atomic E-state index is 12.5. The lowest BCUT2D eigenvalue weighted by Crippen LogP contribution is -2.45. The Labute approximate surface area is 112 Å². The van der Waals surface area contributed by atoms with Gasteiger partial charge in [-0.1, -0.05) is 0 Å². The minimum Gasteiger partial charge on any atom is -0.322 e. The second kappa shape index (κ2) is 5.36. The molecule has 3 nitrogen and oxygen atoms in total. The fourth-order valence-corrected chi connectivity index (χ4v) is 3.97. The molecule has 0 spiro atoms. The number of aromatic nitrogens is 1. The summed E-state index contributed by atoms with van der Waals surface area (Å²) < 4.78 is 37.4. The van der Waals surface area contributed by atoms with E-state index in [2.05, 4.69) is 9.88 Å². The summed E-state index contributed by atoms with van der Waals surface area (Å²) in [6.07, 6.45) is -3.12. The van der Waals surface area contributed by atoms with E-state index in [1.807, 2.05) is 7.05 Å². The molecule has 0 saturated carbocycles. The van der Waals surface area contributed by atoms with Crippen LogP contribution < -0.4 is 5.73 Å². The van der Waals surface area contributed by atoms with Gasteiger partial charge in [0.05, 0.1) is 6.04 Å². The van der Waals surface area contributed by atoms with Gasteiger partial charge in [0.15, 0.2) is 5.01 Å². The molecule has 2 unspecified atom stereocenters. The third-order valence-corrected chi connectivity index (χ3v) is 5.14. The molecule has 2 N–H and O–H groups in total. The highest BCUT2D eigenvalue weighted by Gasteiger charge is 2.36. The number of hydrogen-bond acceptors (Lipinski definition) is 5. The van der Waals surface area contributed by atoms with E-state index < -0.39 is 17.2 Å². The van der Waals surface area contributed by atoms with Crippen LogP contribution in [0.1, 0.15) is 15.9 Å². The maximum Gasteiger partial charge on any atom is 0.443 e. The lowest BCUT2D eigenvalue weighted by Gasteiger charge is -2.35. The van der Waals surface area contributed by atoms with Gasteiger partial charge in [-0.2, -0.15) is 24.9 Å². The second-order valence-electron chi connectivity index (χ2n) is 4.21. The molecule has 2 atom stereocenters. The Hall–Kier alpha value is -0.310. The molecule has 2 rings (SSSR count). The van der Waals surface area contributed by atoms with Gasteiger partial charge in [0.25, 0.3) is 0 Å². The average Bonchev–Trinajstić information content (AvgIpc) is 2.77. The van der Waals surface area contributed by atoms with E-state index in [1.165, 1.54) is 6.20 Å². The Morgan fingerprint density at radius 1 is 1.56 bits per heavy atom. The molecule has 2 heterocycles. The number of alkyl halides is 3. The minimum atomic E-state index is -4.38. The van der Waals surface area contributed by atoms with Crippen molar-refractivity contribution in [3.05, 3.63) is 16.1 Å². The highest BCUT2D eigenvalue weighted by Crippen LogP contribution is 2.35. The monoisotopic (exact) mass is 297 g/mol. The molecule has 8 heteroatoms. The first-order chi connectivity index (χ1) is 8.39. The number of nitrogens with two attached hydrogens (primary N) is 1. The van der Waals surface area contributed by atoms with Crippen molar-refractivity contribution < 1.29 is 13.2 Å². The lowest BCUT2D eigenvalue weighted by atomic mass is 10.1. The summed E-state index contributed by atoms with van der Waals surface area (Å²) >= 11 is 2.43. The van der Waals surface area contributed by atoms with Crippen LogP contribution in [0.25, 0.3) is 0 Å². The number of likely N-dealkylation sites (N-methyl/N-ethyl adjacent to an activating group) is 1. The van der Waals surface area contributed by atoms with Crippen molar-refractivity contribution >= 4 is 23.1 Å². The van der Waals surface area contributed by atoms with Gasteiger partial charge < -0.3 is 5.73 Å². The normalized spacial score (nSPS) is 24.2. The smallest absolute Gasteiger partial charge is 0.322 e. The topological polar surface area (TPSA) is 42.1 Å². The number of nitrogens with zero attached hydrogens (tertiary/aromatic N) is 2. The van der Waals surface area contributed by atoms with Crippen molar-refractivity contribution in [3.63, 3.8) is 0 Å². The first-order valence-electron chi connectivity index (χ1n) is 5.46. The average molecular weight is 297 g/mol. The predicted molar refractivity (Wildman–Crippen MR) is 67.8 cm³/mol. The molecule has 0 bridgehead atoms. The fraction of sp³-hybridized carbons (Fsp3) is 0.700. The number of hydrogen-bond donors (Lipinski definition) is 1. The molecule has 0 aliphatic carbocycles. The summed E-state index contributed by atoms with van der Waals surface area (Å²) in [5, 5.41) is -0.820. The van der Waals surface area contributed by atoms with Gasteiger partial charge in [0.1, 0.15) is 0 Å². The molecule has 1 aromatic heterocycles. The molecule has 1 aliphatic heterocycles. The Bertz CT molecular complexity index is 407. The van der Waals surface area contributed by atoms with Crippen molar-refractivity contribution in [2.75, 3.05) is 25.1 Å². The number of thioether (sulfide) groups is 1. The fourth-order valence-electron chi connectivity index (χ4n) is 1.84. The number of rotatable bonds is 2. The van der Waals surface area contributed by atoms with Gasteiger partial charge in [-0.25, -0.2) is 4.98 Å². The number of halogens is 3. The molecule has 0 radical (unpaired) electrons. The summed E-state index contributed by atoms with van der Waals surface area (Å²) in [5.41, 5.74) is 6.06. The van der Waals surface area contributed by atoms with E-state index in [1.54, 1.807) is 11.8 Å². The van der Waals surface area contributed by atoms with Crippen LogP contribution in [-0.2, 0) is 6.18 Å². The van der Waals surface area contributed by atoms with Crippen molar-refractivity contribution in [3.8, 4) is 0 Å². The van der Waals surface area contributed by atoms with Gasteiger partial charge >= 0.3 is 6.18 Å². The van der Waals surface area contributed by atoms with Crippen molar-refractivity contribution in [1.82, 2.24) is 9.88 Å². The molecular formula is C10H14F3N3S2. The maximum absolute atomic E-state index is 12.5. The molecule has 1 fully saturated rings. The van der Waals surface area contributed by atoms with Gasteiger partial charge in [-0.15, -0.1) is 11.3 Å². The molecule has 1 aliphatic rings. The van der Waals surface area contributed by atoms with Crippen LogP contribution >= 0.6 is 23.1 Å². The van der Waals surface area contributed by atoms with Gasteiger partial charge in [-0.3, -0.25) is 4.90 Å². The Balaban J connectivity index is 2.13. The zero-order valence-corrected chi connectivity index (χ0v) is 11.4. The third kappa shape index (κ3) is 2.98. The van der Waals surface area contributed by atoms with Crippen molar-refractivity contribution in [2.45, 2.75) is 18.3 Å². The Kier molecular flexibility index (Phi) is 4.20. The minimum absolute atomic E-state index is 0.0743. The Morgan fingerprint density at radius 2 is 2.28 bits per heavy atom. The van der Waals surface area contributed by atoms with E-state index in [4.69, 9.17) is 5.73 Å². The molecule has 1 saturated heterocycles. The summed E-state index contributed by atoms with van der Waals surface area (Å²) in [6.45, 7) is 0.911. The Morgan fingerprint density at radius 3 is 2.83 bits per heavy atom. The van der Waals surface area contributed by atoms with Crippen molar-refractivity contribution in [2.24, 2.45) is 5.73 Å². The SMILES string of the molecule is CN1CCSCC1C(N)c1cnc(C(F)(F)F)s1. The molecule has 1 aromatic rings. The quantitative estimate of drug-likeness (QED) is 0.909. The summed E-state index contributed by atoms with van der Waals surface area (Å²) in [7, 11) is 1.95. The summed E-state index contributed by atoms with van der Waals surface area (Å²) in [5.74, 6) is 1.88. The van der Waals surface area contributed by atoms with Gasteiger partial charge in [0.2, 0.25) is 0 Å². The van der Waals surface area contributed by atoms with Gasteiger partial charge in [0, 0.05) is 35.2 Å². The van der Waals surface area contributed by atoms with Gasteiger partial charge in [-0.05, 0) is 7.05 Å². The molecule has 102 valence electrons. The van der Waals surface area contributed by atoms with Crippen LogP contribution in [0.4, 0.5) is 13.2 Å².